The minimum absolute atomic E-state index is 0.212. The second-order valence-corrected chi connectivity index (χ2v) is 6.37. The van der Waals surface area contributed by atoms with Crippen molar-refractivity contribution in [1.29, 1.82) is 0 Å². The highest BCUT2D eigenvalue weighted by molar-refractivity contribution is 6.29. The third kappa shape index (κ3) is 3.88. The normalized spacial score (nSPS) is 15.5. The van der Waals surface area contributed by atoms with Crippen LogP contribution in [0.1, 0.15) is 11.1 Å². The fourth-order valence-corrected chi connectivity index (χ4v) is 3.18. The zero-order valence-electron chi connectivity index (χ0n) is 14.0. The molecule has 24 heavy (non-hydrogen) atoms. The van der Waals surface area contributed by atoms with Gasteiger partial charge in [-0.05, 0) is 13.0 Å². The largest absolute Gasteiger partial charge is 0.496 e. The molecule has 2 heterocycles. The molecule has 0 saturated carbocycles. The van der Waals surface area contributed by atoms with Crippen molar-refractivity contribution in [1.82, 2.24) is 14.9 Å². The van der Waals surface area contributed by atoms with Crippen LogP contribution in [0.2, 0.25) is 5.15 Å². The maximum atomic E-state index is 5.97. The molecule has 2 aromatic rings. The Morgan fingerprint density at radius 2 is 1.92 bits per heavy atom. The van der Waals surface area contributed by atoms with E-state index < -0.39 is 0 Å². The Balaban J connectivity index is 1.64. The number of nitrogens with zero attached hydrogens (tertiary/aromatic N) is 4. The topological polar surface area (TPSA) is 67.5 Å². The molecule has 0 unspecified atom stereocenters. The Morgan fingerprint density at radius 1 is 1.17 bits per heavy atom. The Hall–Kier alpha value is -2.05. The fourth-order valence-electron chi connectivity index (χ4n) is 2.99. The molecule has 3 rings (SSSR count). The first-order valence-electron chi connectivity index (χ1n) is 7.96. The number of nitrogen functional groups attached to an aromatic ring is 1. The van der Waals surface area contributed by atoms with Crippen molar-refractivity contribution < 1.29 is 4.74 Å². The SMILES string of the molecule is COc1ccc(C)cc1CN1CCN(c2cc(Cl)nc(N)n2)CC1. The summed E-state index contributed by atoms with van der Waals surface area (Å²) in [5.74, 6) is 1.95. The third-order valence-electron chi connectivity index (χ3n) is 4.22. The van der Waals surface area contributed by atoms with E-state index in [9.17, 15) is 0 Å². The quantitative estimate of drug-likeness (QED) is 0.856. The molecule has 1 aliphatic heterocycles. The number of aryl methyl sites for hydroxylation is 1. The summed E-state index contributed by atoms with van der Waals surface area (Å²) in [7, 11) is 1.72. The highest BCUT2D eigenvalue weighted by Gasteiger charge is 2.20. The molecule has 0 aliphatic carbocycles. The summed E-state index contributed by atoms with van der Waals surface area (Å²) >= 11 is 5.97. The molecule has 0 radical (unpaired) electrons. The van der Waals surface area contributed by atoms with Crippen molar-refractivity contribution in [3.8, 4) is 5.75 Å². The van der Waals surface area contributed by atoms with Gasteiger partial charge in [0, 0.05) is 44.4 Å². The molecular formula is C17H22ClN5O. The number of ether oxygens (including phenoxy) is 1. The predicted molar refractivity (Wildman–Crippen MR) is 96.7 cm³/mol. The molecule has 2 N–H and O–H groups in total. The van der Waals surface area contributed by atoms with Crippen LogP contribution in [0, 0.1) is 6.92 Å². The van der Waals surface area contributed by atoms with Crippen LogP contribution in [-0.2, 0) is 6.54 Å². The van der Waals surface area contributed by atoms with Crippen molar-refractivity contribution in [2.75, 3.05) is 43.9 Å². The van der Waals surface area contributed by atoms with Crippen LogP contribution in [0.15, 0.2) is 24.3 Å². The number of piperazine rings is 1. The van der Waals surface area contributed by atoms with Crippen molar-refractivity contribution in [2.24, 2.45) is 0 Å². The summed E-state index contributed by atoms with van der Waals surface area (Å²) in [6.07, 6.45) is 0. The molecule has 1 aromatic carbocycles. The number of hydrogen-bond acceptors (Lipinski definition) is 6. The Labute approximate surface area is 147 Å². The van der Waals surface area contributed by atoms with E-state index in [4.69, 9.17) is 22.1 Å². The van der Waals surface area contributed by atoms with Crippen LogP contribution in [-0.4, -0.2) is 48.2 Å². The van der Waals surface area contributed by atoms with Gasteiger partial charge < -0.3 is 15.4 Å². The van der Waals surface area contributed by atoms with Gasteiger partial charge >= 0.3 is 0 Å². The first-order valence-corrected chi connectivity index (χ1v) is 8.34. The van der Waals surface area contributed by atoms with E-state index >= 15 is 0 Å². The second kappa shape index (κ2) is 7.23. The van der Waals surface area contributed by atoms with E-state index in [0.717, 1.165) is 44.3 Å². The number of hydrogen-bond donors (Lipinski definition) is 1. The summed E-state index contributed by atoms with van der Waals surface area (Å²) < 4.78 is 5.48. The van der Waals surface area contributed by atoms with Gasteiger partial charge in [-0.25, -0.2) is 4.98 Å². The number of nitrogens with two attached hydrogens (primary N) is 1. The van der Waals surface area contributed by atoms with Gasteiger partial charge in [0.15, 0.2) is 0 Å². The maximum Gasteiger partial charge on any atom is 0.223 e. The van der Waals surface area contributed by atoms with Gasteiger partial charge in [-0.2, -0.15) is 4.98 Å². The predicted octanol–water partition coefficient (Wildman–Crippen LogP) is 2.35. The highest BCUT2D eigenvalue weighted by atomic mass is 35.5. The van der Waals surface area contributed by atoms with Crippen LogP contribution < -0.4 is 15.4 Å². The summed E-state index contributed by atoms with van der Waals surface area (Å²) in [5, 5.41) is 0.379. The van der Waals surface area contributed by atoms with Crippen molar-refractivity contribution >= 4 is 23.4 Å². The lowest BCUT2D eigenvalue weighted by Crippen LogP contribution is -2.46. The zero-order valence-corrected chi connectivity index (χ0v) is 14.8. The van der Waals surface area contributed by atoms with Gasteiger partial charge in [-0.1, -0.05) is 29.3 Å². The van der Waals surface area contributed by atoms with E-state index in [-0.39, 0.29) is 5.95 Å². The van der Waals surface area contributed by atoms with Crippen LogP contribution in [0.5, 0.6) is 5.75 Å². The first kappa shape index (κ1) is 16.8. The molecule has 1 fully saturated rings. The van der Waals surface area contributed by atoms with Crippen LogP contribution in [0.4, 0.5) is 11.8 Å². The van der Waals surface area contributed by atoms with Crippen LogP contribution in [0.25, 0.3) is 0 Å². The van der Waals surface area contributed by atoms with E-state index in [1.54, 1.807) is 13.2 Å². The molecule has 6 nitrogen and oxygen atoms in total. The molecule has 0 amide bonds. The lowest BCUT2D eigenvalue weighted by Gasteiger charge is -2.35. The van der Waals surface area contributed by atoms with Gasteiger partial charge in [0.2, 0.25) is 5.95 Å². The van der Waals surface area contributed by atoms with Crippen LogP contribution in [0.3, 0.4) is 0 Å². The van der Waals surface area contributed by atoms with Gasteiger partial charge in [0.1, 0.15) is 16.7 Å². The molecule has 0 atom stereocenters. The lowest BCUT2D eigenvalue weighted by atomic mass is 10.1. The number of aromatic nitrogens is 2. The summed E-state index contributed by atoms with van der Waals surface area (Å²) in [6, 6.07) is 8.06. The first-order chi connectivity index (χ1) is 11.5. The molecule has 1 saturated heterocycles. The number of benzene rings is 1. The number of halogens is 1. The highest BCUT2D eigenvalue weighted by Crippen LogP contribution is 2.23. The molecule has 7 heteroatoms. The number of methoxy groups -OCH3 is 1. The van der Waals surface area contributed by atoms with Crippen LogP contribution >= 0.6 is 11.6 Å². The Morgan fingerprint density at radius 3 is 2.58 bits per heavy atom. The number of rotatable bonds is 4. The van der Waals surface area contributed by atoms with E-state index in [1.807, 2.05) is 6.07 Å². The van der Waals surface area contributed by atoms with Crippen molar-refractivity contribution in [2.45, 2.75) is 13.5 Å². The molecule has 0 bridgehead atoms. The summed E-state index contributed by atoms with van der Waals surface area (Å²) in [6.45, 7) is 6.62. The smallest absolute Gasteiger partial charge is 0.223 e. The lowest BCUT2D eigenvalue weighted by molar-refractivity contribution is 0.245. The fraction of sp³-hybridized carbons (Fsp3) is 0.412. The van der Waals surface area contributed by atoms with Gasteiger partial charge in [-0.15, -0.1) is 0 Å². The maximum absolute atomic E-state index is 5.97. The minimum atomic E-state index is 0.212. The molecule has 1 aromatic heterocycles. The minimum Gasteiger partial charge on any atom is -0.496 e. The van der Waals surface area contributed by atoms with Gasteiger partial charge in [0.25, 0.3) is 0 Å². The van der Waals surface area contributed by atoms with Crippen molar-refractivity contribution in [3.05, 3.63) is 40.5 Å². The van der Waals surface area contributed by atoms with Crippen molar-refractivity contribution in [3.63, 3.8) is 0 Å². The summed E-state index contributed by atoms with van der Waals surface area (Å²) in [4.78, 5) is 12.8. The monoisotopic (exact) mass is 347 g/mol. The van der Waals surface area contributed by atoms with E-state index in [0.29, 0.717) is 5.15 Å². The average molecular weight is 348 g/mol. The molecular weight excluding hydrogens is 326 g/mol. The van der Waals surface area contributed by atoms with Gasteiger partial charge in [0.05, 0.1) is 7.11 Å². The standard InChI is InChI=1S/C17H22ClN5O/c1-12-3-4-14(24-2)13(9-12)11-22-5-7-23(8-6-22)16-10-15(18)20-17(19)21-16/h3-4,9-10H,5-8,11H2,1-2H3,(H2,19,20,21). The third-order valence-corrected chi connectivity index (χ3v) is 4.42. The summed E-state index contributed by atoms with van der Waals surface area (Å²) in [5.41, 5.74) is 8.15. The number of anilines is 2. The Bertz CT molecular complexity index is 696. The average Bonchev–Trinajstić information content (AvgIpc) is 2.55. The zero-order chi connectivity index (χ0) is 17.1. The van der Waals surface area contributed by atoms with E-state index in [1.165, 1.54) is 11.1 Å². The molecule has 128 valence electrons. The Kier molecular flexibility index (Phi) is 5.06. The molecule has 1 aliphatic rings. The van der Waals surface area contributed by atoms with E-state index in [2.05, 4.69) is 38.8 Å². The van der Waals surface area contributed by atoms with Gasteiger partial charge in [-0.3, -0.25) is 4.90 Å². The second-order valence-electron chi connectivity index (χ2n) is 5.99. The molecule has 0 spiro atoms.